The zero-order valence-electron chi connectivity index (χ0n) is 14.6. The summed E-state index contributed by atoms with van der Waals surface area (Å²) in [5, 5.41) is -0.211. The molecule has 0 unspecified atom stereocenters. The van der Waals surface area contributed by atoms with Crippen LogP contribution in [-0.2, 0) is 9.53 Å². The molecule has 26 heavy (non-hydrogen) atoms. The van der Waals surface area contributed by atoms with E-state index in [1.807, 2.05) is 13.8 Å². The monoisotopic (exact) mass is 396 g/mol. The summed E-state index contributed by atoms with van der Waals surface area (Å²) >= 11 is 5.86. The molecule has 0 saturated heterocycles. The molecular weight excluding hydrogens is 377 g/mol. The van der Waals surface area contributed by atoms with Gasteiger partial charge in [0.2, 0.25) is 5.88 Å². The molecule has 0 bridgehead atoms. The molecular formula is C16H20ClF3N2O4. The van der Waals surface area contributed by atoms with Crippen molar-refractivity contribution in [1.82, 2.24) is 9.88 Å². The second-order valence-corrected chi connectivity index (χ2v) is 6.29. The van der Waals surface area contributed by atoms with Gasteiger partial charge in [-0.1, -0.05) is 25.4 Å². The molecule has 0 aliphatic rings. The number of nitrogens with zero attached hydrogens (tertiary/aromatic N) is 2. The zero-order valence-corrected chi connectivity index (χ0v) is 15.4. The summed E-state index contributed by atoms with van der Waals surface area (Å²) in [7, 11) is 1.25. The Balaban J connectivity index is 2.89. The van der Waals surface area contributed by atoms with Gasteiger partial charge in [-0.25, -0.2) is 4.98 Å². The van der Waals surface area contributed by atoms with E-state index in [0.29, 0.717) is 6.54 Å². The van der Waals surface area contributed by atoms with Gasteiger partial charge in [0.25, 0.3) is 5.91 Å². The Morgan fingerprint density at radius 2 is 2.00 bits per heavy atom. The Morgan fingerprint density at radius 3 is 2.50 bits per heavy atom. The number of aromatic nitrogens is 1. The molecule has 6 nitrogen and oxygen atoms in total. The number of ether oxygens (including phenoxy) is 2. The number of carbonyl (C=O) groups is 2. The van der Waals surface area contributed by atoms with Crippen LogP contribution in [0.1, 0.15) is 30.6 Å². The highest BCUT2D eigenvalue weighted by Crippen LogP contribution is 2.25. The molecule has 0 aromatic carbocycles. The average Bonchev–Trinajstić information content (AvgIpc) is 2.55. The molecule has 0 radical (unpaired) electrons. The number of hydrogen-bond acceptors (Lipinski definition) is 5. The Hall–Kier alpha value is -2.03. The van der Waals surface area contributed by atoms with Crippen LogP contribution in [-0.4, -0.2) is 54.7 Å². The third-order valence-electron chi connectivity index (χ3n) is 3.11. The fraction of sp³-hybridized carbons (Fsp3) is 0.562. The van der Waals surface area contributed by atoms with Gasteiger partial charge >= 0.3 is 12.1 Å². The van der Waals surface area contributed by atoms with Crippen molar-refractivity contribution in [2.75, 3.05) is 26.8 Å². The van der Waals surface area contributed by atoms with Crippen LogP contribution in [0.2, 0.25) is 5.02 Å². The van der Waals surface area contributed by atoms with Crippen LogP contribution in [0.25, 0.3) is 0 Å². The molecule has 0 fully saturated rings. The summed E-state index contributed by atoms with van der Waals surface area (Å²) in [6.45, 7) is 2.77. The third-order valence-corrected chi connectivity index (χ3v) is 3.38. The van der Waals surface area contributed by atoms with E-state index in [1.165, 1.54) is 18.1 Å². The maximum Gasteiger partial charge on any atom is 0.422 e. The smallest absolute Gasteiger partial charge is 0.422 e. The molecule has 1 heterocycles. The number of alkyl halides is 3. The predicted molar refractivity (Wildman–Crippen MR) is 88.2 cm³/mol. The highest BCUT2D eigenvalue weighted by molar-refractivity contribution is 6.32. The molecule has 0 aliphatic carbocycles. The van der Waals surface area contributed by atoms with Crippen LogP contribution in [0.5, 0.6) is 5.88 Å². The van der Waals surface area contributed by atoms with Crippen molar-refractivity contribution in [2.24, 2.45) is 5.92 Å². The Kier molecular flexibility index (Phi) is 8.13. The van der Waals surface area contributed by atoms with Gasteiger partial charge in [-0.2, -0.15) is 13.2 Å². The molecule has 0 aliphatic heterocycles. The van der Waals surface area contributed by atoms with Crippen LogP contribution in [0.3, 0.4) is 0 Å². The van der Waals surface area contributed by atoms with E-state index in [4.69, 9.17) is 11.6 Å². The molecule has 146 valence electrons. The van der Waals surface area contributed by atoms with Crippen molar-refractivity contribution in [3.8, 4) is 5.88 Å². The minimum absolute atomic E-state index is 0.0168. The SMILES string of the molecule is COC(=O)CCN(CC(C)C)C(=O)c1cnc(OCC(F)(F)F)c(Cl)c1. The van der Waals surface area contributed by atoms with Gasteiger partial charge in [0.15, 0.2) is 6.61 Å². The first-order valence-electron chi connectivity index (χ1n) is 7.74. The molecule has 0 saturated carbocycles. The van der Waals surface area contributed by atoms with Crippen LogP contribution in [0, 0.1) is 5.92 Å². The minimum atomic E-state index is -4.53. The summed E-state index contributed by atoms with van der Waals surface area (Å²) in [4.78, 5) is 29.0. The maximum absolute atomic E-state index is 12.6. The topological polar surface area (TPSA) is 68.7 Å². The maximum atomic E-state index is 12.6. The Labute approximate surface area is 154 Å². The third kappa shape index (κ3) is 7.47. The van der Waals surface area contributed by atoms with E-state index in [0.717, 1.165) is 6.20 Å². The Bertz CT molecular complexity index is 638. The lowest BCUT2D eigenvalue weighted by molar-refractivity contribution is -0.154. The van der Waals surface area contributed by atoms with Crippen molar-refractivity contribution < 1.29 is 32.2 Å². The summed E-state index contributed by atoms with van der Waals surface area (Å²) in [6.07, 6.45) is -3.42. The Morgan fingerprint density at radius 1 is 1.35 bits per heavy atom. The highest BCUT2D eigenvalue weighted by atomic mass is 35.5. The fourth-order valence-electron chi connectivity index (χ4n) is 2.03. The van der Waals surface area contributed by atoms with Gasteiger partial charge in [0.05, 0.1) is 19.1 Å². The van der Waals surface area contributed by atoms with Crippen molar-refractivity contribution in [3.05, 3.63) is 22.8 Å². The van der Waals surface area contributed by atoms with Gasteiger partial charge in [0, 0.05) is 19.3 Å². The van der Waals surface area contributed by atoms with Crippen molar-refractivity contribution >= 4 is 23.5 Å². The van der Waals surface area contributed by atoms with Crippen LogP contribution < -0.4 is 4.74 Å². The first kappa shape index (κ1) is 22.0. The van der Waals surface area contributed by atoms with Crippen molar-refractivity contribution in [3.63, 3.8) is 0 Å². The summed E-state index contributed by atoms with van der Waals surface area (Å²) < 4.78 is 45.6. The second kappa shape index (κ2) is 9.61. The van der Waals surface area contributed by atoms with Crippen LogP contribution >= 0.6 is 11.6 Å². The highest BCUT2D eigenvalue weighted by Gasteiger charge is 2.29. The lowest BCUT2D eigenvalue weighted by Crippen LogP contribution is -2.36. The van der Waals surface area contributed by atoms with Crippen molar-refractivity contribution in [2.45, 2.75) is 26.4 Å². The average molecular weight is 397 g/mol. The largest absolute Gasteiger partial charge is 0.469 e. The number of pyridine rings is 1. The van der Waals surface area contributed by atoms with Gasteiger partial charge in [-0.05, 0) is 12.0 Å². The molecule has 0 N–H and O–H groups in total. The van der Waals surface area contributed by atoms with E-state index in [1.54, 1.807) is 0 Å². The first-order chi connectivity index (χ1) is 12.0. The van der Waals surface area contributed by atoms with E-state index in [2.05, 4.69) is 14.5 Å². The van der Waals surface area contributed by atoms with E-state index < -0.39 is 30.5 Å². The lowest BCUT2D eigenvalue weighted by atomic mass is 10.1. The first-order valence-corrected chi connectivity index (χ1v) is 8.12. The van der Waals surface area contributed by atoms with Crippen LogP contribution in [0.4, 0.5) is 13.2 Å². The van der Waals surface area contributed by atoms with Gasteiger partial charge in [-0.15, -0.1) is 0 Å². The number of esters is 1. The number of halogens is 4. The summed E-state index contributed by atoms with van der Waals surface area (Å²) in [6, 6.07) is 1.19. The minimum Gasteiger partial charge on any atom is -0.469 e. The van der Waals surface area contributed by atoms with Gasteiger partial charge in [0.1, 0.15) is 5.02 Å². The van der Waals surface area contributed by atoms with Crippen molar-refractivity contribution in [1.29, 1.82) is 0 Å². The molecule has 1 aromatic heterocycles. The lowest BCUT2D eigenvalue weighted by Gasteiger charge is -2.24. The normalized spacial score (nSPS) is 11.4. The van der Waals surface area contributed by atoms with E-state index >= 15 is 0 Å². The number of methoxy groups -OCH3 is 1. The quantitative estimate of drug-likeness (QED) is 0.630. The molecule has 1 aromatic rings. The second-order valence-electron chi connectivity index (χ2n) is 5.89. The van der Waals surface area contributed by atoms with Crippen LogP contribution in [0.15, 0.2) is 12.3 Å². The van der Waals surface area contributed by atoms with E-state index in [9.17, 15) is 22.8 Å². The summed E-state index contributed by atoms with van der Waals surface area (Å²) in [5.41, 5.74) is 0.0832. The molecule has 1 rings (SSSR count). The predicted octanol–water partition coefficient (Wildman–Crippen LogP) is 3.34. The number of hydrogen-bond donors (Lipinski definition) is 0. The number of carbonyl (C=O) groups excluding carboxylic acids is 2. The molecule has 1 amide bonds. The number of rotatable bonds is 8. The zero-order chi connectivity index (χ0) is 19.9. The van der Waals surface area contributed by atoms with E-state index in [-0.39, 0.29) is 29.5 Å². The van der Waals surface area contributed by atoms with Gasteiger partial charge in [-0.3, -0.25) is 9.59 Å². The fourth-order valence-corrected chi connectivity index (χ4v) is 2.25. The molecule has 10 heteroatoms. The molecule has 0 spiro atoms. The summed E-state index contributed by atoms with van der Waals surface area (Å²) in [5.74, 6) is -1.18. The molecule has 0 atom stereocenters. The van der Waals surface area contributed by atoms with Gasteiger partial charge < -0.3 is 14.4 Å². The number of amides is 1. The standard InChI is InChI=1S/C16H20ClF3N2O4/c1-10(2)8-22(5-4-13(23)25-3)15(24)11-6-12(17)14(21-7-11)26-9-16(18,19)20/h6-7,10H,4-5,8-9H2,1-3H3.